The van der Waals surface area contributed by atoms with Crippen LogP contribution in [-0.2, 0) is 11.2 Å². The Hall–Kier alpha value is -3.51. The van der Waals surface area contributed by atoms with Gasteiger partial charge in [-0.3, -0.25) is 9.59 Å². The monoisotopic (exact) mass is 403 g/mol. The van der Waals surface area contributed by atoms with Gasteiger partial charge >= 0.3 is 0 Å². The smallest absolute Gasteiger partial charge is 0.255 e. The van der Waals surface area contributed by atoms with E-state index >= 15 is 0 Å². The largest absolute Gasteiger partial charge is 0.332 e. The molecule has 0 unspecified atom stereocenters. The summed E-state index contributed by atoms with van der Waals surface area (Å²) in [5.74, 6) is -0.352. The number of benzene rings is 3. The maximum atomic E-state index is 12.3. The lowest BCUT2D eigenvalue weighted by Crippen LogP contribution is -2.35. The van der Waals surface area contributed by atoms with E-state index < -0.39 is 0 Å². The highest BCUT2D eigenvalue weighted by Gasteiger charge is 2.09. The van der Waals surface area contributed by atoms with Gasteiger partial charge in [-0.05, 0) is 60.6 Å². The Bertz CT molecular complexity index is 1020. The fraction of sp³-hybridized carbons (Fsp3) is 0.0870. The molecule has 0 fully saturated rings. The fourth-order valence-corrected chi connectivity index (χ4v) is 3.01. The van der Waals surface area contributed by atoms with Crippen LogP contribution >= 0.6 is 12.2 Å². The second-order valence-electron chi connectivity index (χ2n) is 6.51. The Morgan fingerprint density at radius 1 is 0.862 bits per heavy atom. The van der Waals surface area contributed by atoms with Gasteiger partial charge in [0.15, 0.2) is 5.11 Å². The molecule has 3 rings (SSSR count). The molecule has 6 heteroatoms. The van der Waals surface area contributed by atoms with Gasteiger partial charge in [-0.2, -0.15) is 0 Å². The first-order valence-electron chi connectivity index (χ1n) is 9.13. The van der Waals surface area contributed by atoms with Crippen molar-refractivity contribution in [2.24, 2.45) is 0 Å². The van der Waals surface area contributed by atoms with Gasteiger partial charge in [0.1, 0.15) is 0 Å². The van der Waals surface area contributed by atoms with E-state index in [4.69, 9.17) is 12.2 Å². The molecule has 0 aromatic heterocycles. The molecule has 0 saturated heterocycles. The quantitative estimate of drug-likeness (QED) is 0.556. The average Bonchev–Trinajstić information content (AvgIpc) is 2.71. The maximum Gasteiger partial charge on any atom is 0.255 e. The molecular weight excluding hydrogens is 382 g/mol. The maximum absolute atomic E-state index is 12.3. The van der Waals surface area contributed by atoms with Gasteiger partial charge in [-0.1, -0.05) is 48.5 Å². The van der Waals surface area contributed by atoms with Crippen LogP contribution in [0, 0.1) is 6.92 Å². The van der Waals surface area contributed by atoms with Gasteiger partial charge in [-0.25, -0.2) is 0 Å². The molecule has 146 valence electrons. The third-order valence-electron chi connectivity index (χ3n) is 4.23. The van der Waals surface area contributed by atoms with Crippen molar-refractivity contribution in [3.8, 4) is 0 Å². The van der Waals surface area contributed by atoms with E-state index in [0.29, 0.717) is 11.3 Å². The predicted octanol–water partition coefficient (Wildman–Crippen LogP) is 4.30. The van der Waals surface area contributed by atoms with E-state index in [1.165, 1.54) is 0 Å². The van der Waals surface area contributed by atoms with Gasteiger partial charge in [0.2, 0.25) is 5.91 Å². The first kappa shape index (κ1) is 20.2. The molecule has 0 saturated carbocycles. The van der Waals surface area contributed by atoms with Gasteiger partial charge in [0.05, 0.1) is 6.42 Å². The van der Waals surface area contributed by atoms with E-state index in [2.05, 4.69) is 16.0 Å². The first-order chi connectivity index (χ1) is 14.0. The number of anilines is 2. The minimum absolute atomic E-state index is 0.168. The van der Waals surface area contributed by atoms with E-state index in [1.54, 1.807) is 24.3 Å². The number of hydrogen-bond acceptors (Lipinski definition) is 3. The number of carbonyl (C=O) groups excluding carboxylic acids is 2. The van der Waals surface area contributed by atoms with Gasteiger partial charge in [0, 0.05) is 16.9 Å². The lowest BCUT2D eigenvalue weighted by molar-refractivity contribution is -0.119. The molecule has 0 heterocycles. The van der Waals surface area contributed by atoms with Crippen LogP contribution in [0.25, 0.3) is 0 Å². The summed E-state index contributed by atoms with van der Waals surface area (Å²) in [6.07, 6.45) is 0.256. The highest BCUT2D eigenvalue weighted by atomic mass is 32.1. The van der Waals surface area contributed by atoms with E-state index in [1.807, 2.05) is 61.5 Å². The molecule has 0 bridgehead atoms. The Balaban J connectivity index is 1.56. The standard InChI is InChI=1S/C23H21N3O2S/c1-16-14-19(12-13-20(16)25-22(28)18-10-6-3-7-11-18)24-23(29)26-21(27)15-17-8-4-2-5-9-17/h2-14H,15H2,1H3,(H,25,28)(H2,24,26,27,29). The number of aryl methyl sites for hydroxylation is 1. The Labute approximate surface area is 175 Å². The lowest BCUT2D eigenvalue weighted by atomic mass is 10.1. The molecule has 0 aliphatic heterocycles. The summed E-state index contributed by atoms with van der Waals surface area (Å²) in [6.45, 7) is 1.89. The van der Waals surface area contributed by atoms with Crippen molar-refractivity contribution in [1.29, 1.82) is 0 Å². The molecule has 0 aliphatic rings. The van der Waals surface area contributed by atoms with Gasteiger partial charge < -0.3 is 16.0 Å². The molecule has 0 aliphatic carbocycles. The van der Waals surface area contributed by atoms with Crippen LogP contribution in [0.3, 0.4) is 0 Å². The van der Waals surface area contributed by atoms with Crippen molar-refractivity contribution in [1.82, 2.24) is 5.32 Å². The third kappa shape index (κ3) is 5.99. The van der Waals surface area contributed by atoms with Crippen LogP contribution in [-0.4, -0.2) is 16.9 Å². The summed E-state index contributed by atoms with van der Waals surface area (Å²) >= 11 is 5.23. The number of hydrogen-bond donors (Lipinski definition) is 3. The summed E-state index contributed by atoms with van der Waals surface area (Å²) in [5.41, 5.74) is 3.82. The van der Waals surface area contributed by atoms with Crippen LogP contribution in [0.5, 0.6) is 0 Å². The summed E-state index contributed by atoms with van der Waals surface area (Å²) in [5, 5.41) is 8.80. The summed E-state index contributed by atoms with van der Waals surface area (Å²) in [6, 6.07) is 23.9. The van der Waals surface area contributed by atoms with Crippen molar-refractivity contribution < 1.29 is 9.59 Å². The lowest BCUT2D eigenvalue weighted by Gasteiger charge is -2.13. The fourth-order valence-electron chi connectivity index (χ4n) is 2.78. The van der Waals surface area contributed by atoms with Crippen LogP contribution in [0.1, 0.15) is 21.5 Å². The van der Waals surface area contributed by atoms with E-state index in [9.17, 15) is 9.59 Å². The minimum Gasteiger partial charge on any atom is -0.332 e. The van der Waals surface area contributed by atoms with Crippen molar-refractivity contribution in [2.75, 3.05) is 10.6 Å². The summed E-state index contributed by atoms with van der Waals surface area (Å²) in [7, 11) is 0. The van der Waals surface area contributed by atoms with Crippen LogP contribution < -0.4 is 16.0 Å². The zero-order valence-electron chi connectivity index (χ0n) is 15.9. The number of rotatable bonds is 5. The topological polar surface area (TPSA) is 70.2 Å². The van der Waals surface area contributed by atoms with Gasteiger partial charge in [-0.15, -0.1) is 0 Å². The van der Waals surface area contributed by atoms with Crippen LogP contribution in [0.2, 0.25) is 0 Å². The zero-order valence-corrected chi connectivity index (χ0v) is 16.8. The van der Waals surface area contributed by atoms with Crippen molar-refractivity contribution >= 4 is 40.5 Å². The third-order valence-corrected chi connectivity index (χ3v) is 4.43. The normalized spacial score (nSPS) is 10.1. The van der Waals surface area contributed by atoms with Crippen molar-refractivity contribution in [3.05, 3.63) is 95.6 Å². The van der Waals surface area contributed by atoms with Gasteiger partial charge in [0.25, 0.3) is 5.91 Å². The van der Waals surface area contributed by atoms with Crippen LogP contribution in [0.15, 0.2) is 78.9 Å². The SMILES string of the molecule is Cc1cc(NC(=S)NC(=O)Cc2ccccc2)ccc1NC(=O)c1ccccc1. The van der Waals surface area contributed by atoms with Crippen molar-refractivity contribution in [3.63, 3.8) is 0 Å². The van der Waals surface area contributed by atoms with E-state index in [0.717, 1.165) is 16.8 Å². The molecule has 0 spiro atoms. The summed E-state index contributed by atoms with van der Waals surface area (Å²) in [4.78, 5) is 24.4. The Morgan fingerprint density at radius 3 is 2.17 bits per heavy atom. The number of carbonyl (C=O) groups is 2. The molecule has 3 N–H and O–H groups in total. The predicted molar refractivity (Wildman–Crippen MR) is 120 cm³/mol. The molecular formula is C23H21N3O2S. The number of amides is 2. The second kappa shape index (κ2) is 9.61. The molecule has 3 aromatic carbocycles. The minimum atomic E-state index is -0.183. The van der Waals surface area contributed by atoms with E-state index in [-0.39, 0.29) is 23.3 Å². The summed E-state index contributed by atoms with van der Waals surface area (Å²) < 4.78 is 0. The highest BCUT2D eigenvalue weighted by Crippen LogP contribution is 2.20. The molecule has 5 nitrogen and oxygen atoms in total. The number of nitrogens with one attached hydrogen (secondary N) is 3. The number of thiocarbonyl (C=S) groups is 1. The average molecular weight is 404 g/mol. The van der Waals surface area contributed by atoms with Crippen molar-refractivity contribution in [2.45, 2.75) is 13.3 Å². The Kier molecular flexibility index (Phi) is 6.71. The van der Waals surface area contributed by atoms with Crippen LogP contribution in [0.4, 0.5) is 11.4 Å². The molecule has 0 radical (unpaired) electrons. The zero-order chi connectivity index (χ0) is 20.6. The molecule has 29 heavy (non-hydrogen) atoms. The molecule has 2 amide bonds. The molecule has 3 aromatic rings. The second-order valence-corrected chi connectivity index (χ2v) is 6.92. The first-order valence-corrected chi connectivity index (χ1v) is 9.54. The highest BCUT2D eigenvalue weighted by molar-refractivity contribution is 7.80. The molecule has 0 atom stereocenters. The Morgan fingerprint density at radius 2 is 1.52 bits per heavy atom.